The van der Waals surface area contributed by atoms with E-state index in [-0.39, 0.29) is 17.4 Å². The second-order valence-electron chi connectivity index (χ2n) is 10.4. The van der Waals surface area contributed by atoms with E-state index >= 15 is 0 Å². The second kappa shape index (κ2) is 8.49. The molecule has 1 aliphatic carbocycles. The molecular weight excluding hydrogens is 430 g/mol. The van der Waals surface area contributed by atoms with E-state index in [9.17, 15) is 4.79 Å². The van der Waals surface area contributed by atoms with Crippen molar-refractivity contribution in [3.8, 4) is 0 Å². The molecule has 0 saturated carbocycles. The molecule has 6 rings (SSSR count). The summed E-state index contributed by atoms with van der Waals surface area (Å²) in [7, 11) is 0. The molecule has 35 heavy (non-hydrogen) atoms. The Labute approximate surface area is 205 Å². The monoisotopic (exact) mass is 459 g/mol. The van der Waals surface area contributed by atoms with E-state index in [1.165, 1.54) is 32.7 Å². The van der Waals surface area contributed by atoms with E-state index in [1.54, 1.807) is 0 Å². The minimum atomic E-state index is -0.228. The van der Waals surface area contributed by atoms with Gasteiger partial charge < -0.3 is 4.74 Å². The third-order valence-corrected chi connectivity index (χ3v) is 7.93. The summed E-state index contributed by atoms with van der Waals surface area (Å²) in [5, 5.41) is 6.17. The highest BCUT2D eigenvalue weighted by Crippen LogP contribution is 2.48. The van der Waals surface area contributed by atoms with Crippen LogP contribution in [-0.4, -0.2) is 17.6 Å². The second-order valence-corrected chi connectivity index (χ2v) is 10.4. The molecule has 5 aromatic rings. The van der Waals surface area contributed by atoms with Crippen LogP contribution in [0.25, 0.3) is 32.4 Å². The lowest BCUT2D eigenvalue weighted by molar-refractivity contribution is -0.134. The number of carbonyl (C=O) groups excluding carboxylic acids is 1. The first-order chi connectivity index (χ1) is 17.0. The van der Waals surface area contributed by atoms with Crippen molar-refractivity contribution in [2.45, 2.75) is 50.5 Å². The predicted octanol–water partition coefficient (Wildman–Crippen LogP) is 7.48. The molecule has 1 aliphatic rings. The van der Waals surface area contributed by atoms with Crippen LogP contribution in [0.4, 0.5) is 0 Å². The van der Waals surface area contributed by atoms with Gasteiger partial charge in [0.15, 0.2) is 0 Å². The van der Waals surface area contributed by atoms with Crippen LogP contribution < -0.4 is 0 Å². The van der Waals surface area contributed by atoms with Crippen LogP contribution in [-0.2, 0) is 21.4 Å². The summed E-state index contributed by atoms with van der Waals surface area (Å²) in [5.41, 5.74) is 4.94. The summed E-state index contributed by atoms with van der Waals surface area (Å²) in [5.74, 6) is 0.137. The molecule has 2 atom stereocenters. The zero-order valence-corrected chi connectivity index (χ0v) is 20.2. The Kier molecular flexibility index (Phi) is 5.29. The van der Waals surface area contributed by atoms with E-state index in [2.05, 4.69) is 91.6 Å². The van der Waals surface area contributed by atoms with Crippen molar-refractivity contribution in [2.75, 3.05) is 0 Å². The Balaban J connectivity index is 1.50. The quantitative estimate of drug-likeness (QED) is 0.202. The Morgan fingerprint density at radius 1 is 0.943 bits per heavy atom. The van der Waals surface area contributed by atoms with Gasteiger partial charge in [0.05, 0.1) is 5.52 Å². The molecule has 1 heterocycles. The number of benzene rings is 4. The van der Waals surface area contributed by atoms with Crippen LogP contribution >= 0.6 is 0 Å². The number of hydrogen-bond acceptors (Lipinski definition) is 3. The summed E-state index contributed by atoms with van der Waals surface area (Å²) in [6.45, 7) is 5.30. The zero-order valence-electron chi connectivity index (χ0n) is 20.2. The van der Waals surface area contributed by atoms with E-state index in [4.69, 9.17) is 4.74 Å². The molecule has 2 unspecified atom stereocenters. The van der Waals surface area contributed by atoms with Crippen LogP contribution in [0.1, 0.15) is 49.3 Å². The highest BCUT2D eigenvalue weighted by atomic mass is 16.5. The normalized spacial score (nSPS) is 17.8. The highest BCUT2D eigenvalue weighted by molar-refractivity contribution is 6.09. The van der Waals surface area contributed by atoms with Gasteiger partial charge in [-0.2, -0.15) is 0 Å². The van der Waals surface area contributed by atoms with Gasteiger partial charge in [0, 0.05) is 23.9 Å². The number of rotatable bonds is 5. The van der Waals surface area contributed by atoms with Gasteiger partial charge in [-0.3, -0.25) is 9.78 Å². The lowest BCUT2D eigenvalue weighted by Crippen LogP contribution is -2.34. The summed E-state index contributed by atoms with van der Waals surface area (Å²) < 4.78 is 5.86. The topological polar surface area (TPSA) is 39.2 Å². The average molecular weight is 460 g/mol. The third-order valence-electron chi connectivity index (χ3n) is 7.93. The van der Waals surface area contributed by atoms with Gasteiger partial charge >= 0.3 is 0 Å². The lowest BCUT2D eigenvalue weighted by Gasteiger charge is -2.40. The highest BCUT2D eigenvalue weighted by Gasteiger charge is 2.38. The Hall–Kier alpha value is -3.72. The minimum absolute atomic E-state index is 0.0754. The molecule has 174 valence electrons. The summed E-state index contributed by atoms with van der Waals surface area (Å²) in [4.78, 5) is 16.2. The molecule has 4 aromatic carbocycles. The molecule has 0 fully saturated rings. The number of pyridine rings is 1. The number of nitrogens with zero attached hydrogens (tertiary/aromatic N) is 1. The molecule has 1 aromatic heterocycles. The zero-order chi connectivity index (χ0) is 24.0. The maximum atomic E-state index is 11.7. The SMILES string of the molecule is CC1(C)CCC(C(Cc2ccc3ncccc3c2)OC=O)c2c1ccc1c2ccc2ccccc21. The van der Waals surface area contributed by atoms with Crippen LogP contribution in [0, 0.1) is 0 Å². The average Bonchev–Trinajstić information content (AvgIpc) is 2.88. The van der Waals surface area contributed by atoms with Crippen molar-refractivity contribution in [3.05, 3.63) is 102 Å². The molecular formula is C32H29NO2. The van der Waals surface area contributed by atoms with Gasteiger partial charge in [-0.05, 0) is 74.7 Å². The van der Waals surface area contributed by atoms with E-state index in [0.29, 0.717) is 12.9 Å². The number of carbonyl (C=O) groups is 1. The molecule has 0 amide bonds. The van der Waals surface area contributed by atoms with Gasteiger partial charge in [0.2, 0.25) is 0 Å². The van der Waals surface area contributed by atoms with Crippen molar-refractivity contribution in [2.24, 2.45) is 0 Å². The minimum Gasteiger partial charge on any atom is -0.464 e. The summed E-state index contributed by atoms with van der Waals surface area (Å²) >= 11 is 0. The van der Waals surface area contributed by atoms with Crippen molar-refractivity contribution >= 4 is 38.9 Å². The Bertz CT molecular complexity index is 1570. The van der Waals surface area contributed by atoms with Crippen LogP contribution in [0.15, 0.2) is 85.1 Å². The maximum absolute atomic E-state index is 11.7. The number of hydrogen-bond donors (Lipinski definition) is 0. The van der Waals surface area contributed by atoms with Crippen molar-refractivity contribution in [3.63, 3.8) is 0 Å². The predicted molar refractivity (Wildman–Crippen MR) is 143 cm³/mol. The number of aromatic nitrogens is 1. The summed E-state index contributed by atoms with van der Waals surface area (Å²) in [6.07, 6.45) is 4.31. The first kappa shape index (κ1) is 21.8. The Morgan fingerprint density at radius 3 is 2.66 bits per heavy atom. The van der Waals surface area contributed by atoms with Crippen LogP contribution in [0.5, 0.6) is 0 Å². The fraction of sp³-hybridized carbons (Fsp3) is 0.250. The van der Waals surface area contributed by atoms with Crippen LogP contribution in [0.2, 0.25) is 0 Å². The van der Waals surface area contributed by atoms with Crippen LogP contribution in [0.3, 0.4) is 0 Å². The molecule has 0 bridgehead atoms. The smallest absolute Gasteiger partial charge is 0.293 e. The fourth-order valence-corrected chi connectivity index (χ4v) is 6.11. The lowest BCUT2D eigenvalue weighted by atomic mass is 9.65. The standard InChI is InChI=1S/C32H29NO2/c1-32(2)16-15-27(30(35-20-34)19-21-9-14-29-23(18-21)7-5-17-33-29)31-26-11-10-22-6-3-4-8-24(22)25(26)12-13-28(31)32/h3-14,17-18,20,27,30H,15-16,19H2,1-2H3. The van der Waals surface area contributed by atoms with Crippen molar-refractivity contribution < 1.29 is 9.53 Å². The molecule has 3 nitrogen and oxygen atoms in total. The van der Waals surface area contributed by atoms with Crippen molar-refractivity contribution in [1.82, 2.24) is 4.98 Å². The molecule has 0 radical (unpaired) electrons. The maximum Gasteiger partial charge on any atom is 0.293 e. The third kappa shape index (κ3) is 3.76. The van der Waals surface area contributed by atoms with E-state index < -0.39 is 0 Å². The van der Waals surface area contributed by atoms with Gasteiger partial charge in [-0.15, -0.1) is 0 Å². The van der Waals surface area contributed by atoms with E-state index in [1.807, 2.05) is 12.3 Å². The van der Waals surface area contributed by atoms with E-state index in [0.717, 1.165) is 29.3 Å². The fourth-order valence-electron chi connectivity index (χ4n) is 6.11. The largest absolute Gasteiger partial charge is 0.464 e. The molecule has 0 saturated heterocycles. The molecule has 0 N–H and O–H groups in total. The van der Waals surface area contributed by atoms with Gasteiger partial charge in [-0.25, -0.2) is 0 Å². The number of fused-ring (bicyclic) bond motifs is 6. The first-order valence-corrected chi connectivity index (χ1v) is 12.4. The molecule has 3 heteroatoms. The van der Waals surface area contributed by atoms with Crippen molar-refractivity contribution in [1.29, 1.82) is 0 Å². The van der Waals surface area contributed by atoms with Gasteiger partial charge in [0.1, 0.15) is 6.10 Å². The van der Waals surface area contributed by atoms with Gasteiger partial charge in [-0.1, -0.05) is 74.5 Å². The van der Waals surface area contributed by atoms with Gasteiger partial charge in [0.25, 0.3) is 6.47 Å². The molecule has 0 aliphatic heterocycles. The summed E-state index contributed by atoms with van der Waals surface area (Å²) in [6, 6.07) is 28.0. The first-order valence-electron chi connectivity index (χ1n) is 12.4. The number of ether oxygens (including phenoxy) is 1. The Morgan fingerprint density at radius 2 is 1.77 bits per heavy atom. The molecule has 0 spiro atoms.